The number of fused-ring (bicyclic) bond motifs is 1. The molecule has 2 aromatic heterocycles. The minimum Gasteiger partial charge on any atom is -0.359 e. The first-order chi connectivity index (χ1) is 18.7. The van der Waals surface area contributed by atoms with Gasteiger partial charge in [-0.2, -0.15) is 0 Å². The van der Waals surface area contributed by atoms with Crippen LogP contribution in [0.3, 0.4) is 0 Å². The molecule has 1 aromatic carbocycles. The highest BCUT2D eigenvalue weighted by molar-refractivity contribution is 7.10. The monoisotopic (exact) mass is 545 g/mol. The number of H-pyrrole nitrogens is 1. The van der Waals surface area contributed by atoms with Crippen molar-refractivity contribution in [3.8, 4) is 11.8 Å². The zero-order valence-electron chi connectivity index (χ0n) is 22.4. The summed E-state index contributed by atoms with van der Waals surface area (Å²) in [6.07, 6.45) is 5.49. The Kier molecular flexibility index (Phi) is 7.69. The van der Waals surface area contributed by atoms with Crippen LogP contribution in [0.2, 0.25) is 0 Å². The molecule has 0 unspecified atom stereocenters. The molecular weight excluding hydrogens is 513 g/mol. The lowest BCUT2D eigenvalue weighted by Crippen LogP contribution is -2.36. The van der Waals surface area contributed by atoms with E-state index in [2.05, 4.69) is 27.1 Å². The zero-order valence-corrected chi connectivity index (χ0v) is 23.2. The summed E-state index contributed by atoms with van der Waals surface area (Å²) in [7, 11) is 0. The fourth-order valence-corrected chi connectivity index (χ4v) is 5.95. The van der Waals surface area contributed by atoms with Crippen molar-refractivity contribution in [3.63, 3.8) is 0 Å². The Balaban J connectivity index is 1.44. The van der Waals surface area contributed by atoms with E-state index in [-0.39, 0.29) is 24.1 Å². The predicted octanol–water partition coefficient (Wildman–Crippen LogP) is 4.72. The van der Waals surface area contributed by atoms with E-state index in [1.165, 1.54) is 23.5 Å². The van der Waals surface area contributed by atoms with Gasteiger partial charge in [0.1, 0.15) is 5.82 Å². The number of hydrogen-bond donors (Lipinski definition) is 3. The number of nitrogens with zero attached hydrogens (tertiary/aromatic N) is 2. The fourth-order valence-electron chi connectivity index (χ4n) is 5.29. The number of hydrogen-bond acceptors (Lipinski definition) is 5. The van der Waals surface area contributed by atoms with Crippen molar-refractivity contribution in [3.05, 3.63) is 68.2 Å². The largest absolute Gasteiger partial charge is 0.359 e. The number of nitrogens with one attached hydrogen (secondary N) is 2. The fraction of sp³-hybridized carbons (Fsp3) is 0.367. The van der Waals surface area contributed by atoms with Crippen molar-refractivity contribution in [2.75, 3.05) is 18.0 Å². The van der Waals surface area contributed by atoms with Crippen LogP contribution >= 0.6 is 11.3 Å². The molecule has 0 spiro atoms. The summed E-state index contributed by atoms with van der Waals surface area (Å²) < 4.78 is 15.3. The van der Waals surface area contributed by atoms with Gasteiger partial charge in [0.2, 0.25) is 0 Å². The average molecular weight is 546 g/mol. The second-order valence-corrected chi connectivity index (χ2v) is 11.3. The van der Waals surface area contributed by atoms with Crippen LogP contribution in [0.25, 0.3) is 11.6 Å². The molecule has 0 saturated heterocycles. The normalized spacial score (nSPS) is 19.7. The van der Waals surface area contributed by atoms with E-state index in [1.54, 1.807) is 11.0 Å². The van der Waals surface area contributed by atoms with Gasteiger partial charge in [0, 0.05) is 40.6 Å². The Labute approximate surface area is 231 Å². The Morgan fingerprint density at radius 3 is 2.69 bits per heavy atom. The van der Waals surface area contributed by atoms with E-state index < -0.39 is 11.7 Å². The summed E-state index contributed by atoms with van der Waals surface area (Å²) in [5.41, 5.74) is 11.1. The highest BCUT2D eigenvalue weighted by Gasteiger charge is 2.36. The van der Waals surface area contributed by atoms with Crippen molar-refractivity contribution in [1.29, 1.82) is 0 Å². The minimum absolute atomic E-state index is 0.0512. The molecule has 4 N–H and O–H groups in total. The molecule has 0 radical (unpaired) electrons. The molecular formula is C30H32FN5O2S. The number of carbonyl (C=O) groups is 2. The smallest absolute Gasteiger partial charge is 0.259 e. The highest BCUT2D eigenvalue weighted by atomic mass is 32.1. The van der Waals surface area contributed by atoms with Gasteiger partial charge in [-0.25, -0.2) is 9.37 Å². The minimum atomic E-state index is -0.682. The predicted molar refractivity (Wildman–Crippen MR) is 153 cm³/mol. The maximum Gasteiger partial charge on any atom is 0.259 e. The summed E-state index contributed by atoms with van der Waals surface area (Å²) in [6.45, 7) is 6.36. The number of aromatic amines is 1. The van der Waals surface area contributed by atoms with Gasteiger partial charge in [0.25, 0.3) is 11.8 Å². The maximum atomic E-state index is 15.3. The molecule has 202 valence electrons. The third-order valence-electron chi connectivity index (χ3n) is 7.35. The number of thiazole rings is 1. The summed E-state index contributed by atoms with van der Waals surface area (Å²) >= 11 is 1.43. The van der Waals surface area contributed by atoms with Gasteiger partial charge in [-0.3, -0.25) is 9.59 Å². The average Bonchev–Trinajstić information content (AvgIpc) is 3.53. The molecule has 3 aromatic rings. The van der Waals surface area contributed by atoms with Gasteiger partial charge >= 0.3 is 0 Å². The third-order valence-corrected chi connectivity index (χ3v) is 8.22. The van der Waals surface area contributed by atoms with Crippen molar-refractivity contribution < 1.29 is 14.0 Å². The first-order valence-electron chi connectivity index (χ1n) is 13.2. The van der Waals surface area contributed by atoms with E-state index >= 15 is 4.39 Å². The van der Waals surface area contributed by atoms with Crippen LogP contribution in [-0.4, -0.2) is 40.9 Å². The van der Waals surface area contributed by atoms with Crippen molar-refractivity contribution in [2.45, 2.75) is 52.5 Å². The van der Waals surface area contributed by atoms with E-state index in [4.69, 9.17) is 5.73 Å². The Bertz CT molecular complexity index is 1520. The number of amides is 2. The molecule has 2 amide bonds. The molecule has 7 nitrogen and oxygen atoms in total. The number of rotatable bonds is 5. The summed E-state index contributed by atoms with van der Waals surface area (Å²) in [6, 6.07) is 5.00. The van der Waals surface area contributed by atoms with Gasteiger partial charge in [-0.1, -0.05) is 5.92 Å². The van der Waals surface area contributed by atoms with Gasteiger partial charge in [-0.05, 0) is 88.1 Å². The second kappa shape index (κ2) is 11.2. The third kappa shape index (κ3) is 5.82. The topological polar surface area (TPSA) is 104 Å². The van der Waals surface area contributed by atoms with Gasteiger partial charge in [0.05, 0.1) is 23.4 Å². The molecule has 0 bridgehead atoms. The molecule has 1 aliphatic heterocycles. The molecule has 0 atom stereocenters. The van der Waals surface area contributed by atoms with E-state index in [1.807, 2.05) is 32.2 Å². The number of halogens is 1. The van der Waals surface area contributed by atoms with Crippen LogP contribution in [0, 0.1) is 44.3 Å². The maximum absolute atomic E-state index is 15.3. The van der Waals surface area contributed by atoms with Crippen molar-refractivity contribution >= 4 is 40.5 Å². The van der Waals surface area contributed by atoms with Crippen LogP contribution in [0.1, 0.15) is 69.3 Å². The van der Waals surface area contributed by atoms with Crippen molar-refractivity contribution in [2.24, 2.45) is 11.7 Å². The highest BCUT2D eigenvalue weighted by Crippen LogP contribution is 2.41. The van der Waals surface area contributed by atoms with Crippen LogP contribution in [0.15, 0.2) is 23.6 Å². The summed E-state index contributed by atoms with van der Waals surface area (Å²) in [4.78, 5) is 35.9. The second-order valence-electron chi connectivity index (χ2n) is 10.4. The number of carbonyl (C=O) groups excluding carboxylic acids is 2. The number of aromatic nitrogens is 2. The van der Waals surface area contributed by atoms with E-state index in [0.29, 0.717) is 34.3 Å². The standard InChI is InChI=1S/C30H32FN5O2S/c1-17-11-18(2)34-26(17)13-23-22-12-25(31)24(29(37)33-10-4-5-28-35-19(3)16-39-28)14-27(22)36(30(23)38)15-20-6-8-21(32)9-7-20/h11-14,16,20-21,34H,6-10,15,32H2,1-3H3,(H,33,37)/b23-13-. The molecule has 2 aliphatic rings. The number of anilines is 1. The molecule has 5 rings (SSSR count). The zero-order chi connectivity index (χ0) is 27.7. The Morgan fingerprint density at radius 1 is 1.26 bits per heavy atom. The van der Waals surface area contributed by atoms with Crippen LogP contribution in [0.4, 0.5) is 10.1 Å². The van der Waals surface area contributed by atoms with Gasteiger partial charge < -0.3 is 20.9 Å². The molecule has 3 heterocycles. The summed E-state index contributed by atoms with van der Waals surface area (Å²) in [5.74, 6) is 4.61. The Morgan fingerprint density at radius 2 is 2.03 bits per heavy atom. The summed E-state index contributed by atoms with van der Waals surface area (Å²) in [5, 5.41) is 5.23. The van der Waals surface area contributed by atoms with E-state index in [0.717, 1.165) is 48.3 Å². The quantitative estimate of drug-likeness (QED) is 0.319. The molecule has 1 saturated carbocycles. The number of nitrogens with two attached hydrogens (primary N) is 1. The molecule has 1 aliphatic carbocycles. The first-order valence-corrected chi connectivity index (χ1v) is 14.1. The molecule has 9 heteroatoms. The van der Waals surface area contributed by atoms with Crippen LogP contribution in [-0.2, 0) is 4.79 Å². The molecule has 39 heavy (non-hydrogen) atoms. The first kappa shape index (κ1) is 26.9. The lowest BCUT2D eigenvalue weighted by Gasteiger charge is -2.30. The van der Waals surface area contributed by atoms with Crippen molar-refractivity contribution in [1.82, 2.24) is 15.3 Å². The van der Waals surface area contributed by atoms with Gasteiger partial charge in [-0.15, -0.1) is 11.3 Å². The molecule has 1 fully saturated rings. The lowest BCUT2D eigenvalue weighted by atomic mass is 9.86. The lowest BCUT2D eigenvalue weighted by molar-refractivity contribution is -0.113. The van der Waals surface area contributed by atoms with E-state index in [9.17, 15) is 9.59 Å². The van der Waals surface area contributed by atoms with Crippen LogP contribution < -0.4 is 16.0 Å². The van der Waals surface area contributed by atoms with Crippen LogP contribution in [0.5, 0.6) is 0 Å². The SMILES string of the molecule is Cc1csc(C#CCNC(=O)c2cc3c(cc2F)/C(=C/c2[nH]c(C)cc2C)C(=O)N3CC2CCC(N)CC2)n1. The van der Waals surface area contributed by atoms with Gasteiger partial charge in [0.15, 0.2) is 5.01 Å². The number of benzene rings is 1. The number of aryl methyl sites for hydroxylation is 3. The Hall–Kier alpha value is -3.74.